The van der Waals surface area contributed by atoms with E-state index in [1.807, 2.05) is 0 Å². The number of likely N-dealkylation sites (tertiary alicyclic amines) is 1. The quantitative estimate of drug-likeness (QED) is 0.726. The predicted octanol–water partition coefficient (Wildman–Crippen LogP) is 3.97. The Morgan fingerprint density at radius 1 is 1.16 bits per heavy atom. The van der Waals surface area contributed by atoms with Gasteiger partial charge in [0, 0.05) is 17.9 Å². The maximum absolute atomic E-state index is 6.52. The van der Waals surface area contributed by atoms with Gasteiger partial charge in [-0.1, -0.05) is 42.1 Å². The molecule has 0 N–H and O–H groups in total. The van der Waals surface area contributed by atoms with Crippen LogP contribution in [0.3, 0.4) is 0 Å². The molecule has 2 nitrogen and oxygen atoms in total. The van der Waals surface area contributed by atoms with Crippen LogP contribution in [0, 0.1) is 5.92 Å². The molecular formula is C16H28BrNO. The fourth-order valence-electron chi connectivity index (χ4n) is 4.41. The Labute approximate surface area is 126 Å². The lowest BCUT2D eigenvalue weighted by molar-refractivity contribution is -0.0725. The van der Waals surface area contributed by atoms with E-state index in [0.29, 0.717) is 6.10 Å². The summed E-state index contributed by atoms with van der Waals surface area (Å²) in [6, 6.07) is 0.728. The van der Waals surface area contributed by atoms with E-state index in [2.05, 4.69) is 27.8 Å². The van der Waals surface area contributed by atoms with Crippen LogP contribution in [0.25, 0.3) is 0 Å². The smallest absolute Gasteiger partial charge is 0.0710 e. The van der Waals surface area contributed by atoms with Crippen LogP contribution in [0.4, 0.5) is 0 Å². The van der Waals surface area contributed by atoms with E-state index in [9.17, 15) is 0 Å². The first kappa shape index (κ1) is 14.3. The van der Waals surface area contributed by atoms with Crippen LogP contribution >= 0.6 is 15.9 Å². The fourth-order valence-corrected chi connectivity index (χ4v) is 5.46. The summed E-state index contributed by atoms with van der Waals surface area (Å²) in [5, 5.41) is 1.12. The van der Waals surface area contributed by atoms with Crippen molar-refractivity contribution in [2.75, 3.05) is 18.4 Å². The van der Waals surface area contributed by atoms with Gasteiger partial charge in [0.15, 0.2) is 0 Å². The van der Waals surface area contributed by atoms with Crippen LogP contribution in [0.5, 0.6) is 0 Å². The average molecular weight is 330 g/mol. The number of halogens is 1. The Morgan fingerprint density at radius 3 is 2.68 bits per heavy atom. The minimum atomic E-state index is 0.290. The SMILES string of the molecule is CC1CCN(CC2CCC3(CCCCC3)O2)C1CBr. The Balaban J connectivity index is 1.54. The molecule has 3 aliphatic rings. The third kappa shape index (κ3) is 3.03. The molecule has 0 radical (unpaired) electrons. The topological polar surface area (TPSA) is 12.5 Å². The van der Waals surface area contributed by atoms with Crippen molar-refractivity contribution in [3.63, 3.8) is 0 Å². The number of hydrogen-bond donors (Lipinski definition) is 0. The Kier molecular flexibility index (Phi) is 4.55. The molecule has 0 aromatic rings. The molecule has 110 valence electrons. The number of ether oxygens (including phenoxy) is 1. The van der Waals surface area contributed by atoms with E-state index in [1.165, 1.54) is 64.5 Å². The van der Waals surface area contributed by atoms with Crippen molar-refractivity contribution in [3.05, 3.63) is 0 Å². The number of hydrogen-bond acceptors (Lipinski definition) is 2. The molecule has 3 rings (SSSR count). The van der Waals surface area contributed by atoms with Crippen LogP contribution in [0.1, 0.15) is 58.3 Å². The molecule has 0 bridgehead atoms. The molecule has 2 aliphatic heterocycles. The monoisotopic (exact) mass is 329 g/mol. The maximum Gasteiger partial charge on any atom is 0.0710 e. The number of rotatable bonds is 3. The van der Waals surface area contributed by atoms with Crippen molar-refractivity contribution >= 4 is 15.9 Å². The highest BCUT2D eigenvalue weighted by Crippen LogP contribution is 2.42. The highest BCUT2D eigenvalue weighted by atomic mass is 79.9. The van der Waals surface area contributed by atoms with Crippen molar-refractivity contribution in [2.45, 2.75) is 76.0 Å². The number of alkyl halides is 1. The molecule has 0 amide bonds. The standard InChI is InChI=1S/C16H28BrNO/c1-13-6-10-18(15(13)11-17)12-14-5-9-16(19-14)7-3-2-4-8-16/h13-15H,2-12H2,1H3. The normalized spacial score (nSPS) is 39.2. The van der Waals surface area contributed by atoms with E-state index in [1.54, 1.807) is 0 Å². The molecule has 1 saturated carbocycles. The maximum atomic E-state index is 6.52. The van der Waals surface area contributed by atoms with Gasteiger partial charge >= 0.3 is 0 Å². The van der Waals surface area contributed by atoms with E-state index < -0.39 is 0 Å². The molecule has 1 spiro atoms. The molecule has 3 fully saturated rings. The highest BCUT2D eigenvalue weighted by Gasteiger charge is 2.42. The minimum Gasteiger partial charge on any atom is -0.370 e. The summed E-state index contributed by atoms with van der Waals surface area (Å²) in [7, 11) is 0. The van der Waals surface area contributed by atoms with Crippen LogP contribution in [0.2, 0.25) is 0 Å². The van der Waals surface area contributed by atoms with Crippen molar-refractivity contribution in [2.24, 2.45) is 5.92 Å². The van der Waals surface area contributed by atoms with Gasteiger partial charge in [0.1, 0.15) is 0 Å². The molecule has 2 saturated heterocycles. The van der Waals surface area contributed by atoms with Crippen LogP contribution < -0.4 is 0 Å². The van der Waals surface area contributed by atoms with Gasteiger partial charge in [-0.15, -0.1) is 0 Å². The zero-order valence-electron chi connectivity index (χ0n) is 12.2. The summed E-state index contributed by atoms with van der Waals surface area (Å²) in [4.78, 5) is 2.67. The molecule has 3 atom stereocenters. The molecule has 0 aromatic carbocycles. The molecule has 19 heavy (non-hydrogen) atoms. The van der Waals surface area contributed by atoms with Crippen molar-refractivity contribution in [1.29, 1.82) is 0 Å². The third-order valence-electron chi connectivity index (χ3n) is 5.70. The van der Waals surface area contributed by atoms with Crippen molar-refractivity contribution < 1.29 is 4.74 Å². The van der Waals surface area contributed by atoms with Crippen molar-refractivity contribution in [3.8, 4) is 0 Å². The summed E-state index contributed by atoms with van der Waals surface area (Å²) < 4.78 is 6.52. The molecular weight excluding hydrogens is 302 g/mol. The van der Waals surface area contributed by atoms with Crippen LogP contribution in [-0.2, 0) is 4.74 Å². The van der Waals surface area contributed by atoms with E-state index >= 15 is 0 Å². The Bertz CT molecular complexity index is 303. The summed E-state index contributed by atoms with van der Waals surface area (Å²) in [6.07, 6.45) is 11.3. The van der Waals surface area contributed by atoms with Gasteiger partial charge in [-0.05, 0) is 44.6 Å². The van der Waals surface area contributed by atoms with Gasteiger partial charge < -0.3 is 4.74 Å². The molecule has 2 heterocycles. The fraction of sp³-hybridized carbons (Fsp3) is 1.00. The van der Waals surface area contributed by atoms with Crippen LogP contribution in [0.15, 0.2) is 0 Å². The lowest BCUT2D eigenvalue weighted by atomic mass is 9.83. The first-order valence-electron chi connectivity index (χ1n) is 8.20. The third-order valence-corrected chi connectivity index (χ3v) is 6.36. The Hall–Kier alpha value is 0.400. The highest BCUT2D eigenvalue weighted by molar-refractivity contribution is 9.09. The predicted molar refractivity (Wildman–Crippen MR) is 82.9 cm³/mol. The number of nitrogens with zero attached hydrogens (tertiary/aromatic N) is 1. The van der Waals surface area contributed by atoms with Gasteiger partial charge in [0.25, 0.3) is 0 Å². The average Bonchev–Trinajstić information content (AvgIpc) is 2.96. The van der Waals surface area contributed by atoms with Gasteiger partial charge in [0.05, 0.1) is 11.7 Å². The second kappa shape index (κ2) is 6.03. The van der Waals surface area contributed by atoms with Gasteiger partial charge in [-0.3, -0.25) is 4.90 Å². The van der Waals surface area contributed by atoms with Crippen LogP contribution in [-0.4, -0.2) is 41.1 Å². The lowest BCUT2D eigenvalue weighted by Gasteiger charge is -2.34. The summed E-state index contributed by atoms with van der Waals surface area (Å²) in [6.45, 7) is 4.83. The first-order chi connectivity index (χ1) is 9.22. The molecule has 1 aliphatic carbocycles. The summed E-state index contributed by atoms with van der Waals surface area (Å²) in [5.74, 6) is 0.837. The summed E-state index contributed by atoms with van der Waals surface area (Å²) in [5.41, 5.74) is 0.290. The molecule has 3 unspecified atom stereocenters. The molecule has 3 heteroatoms. The zero-order chi connectivity index (χ0) is 13.3. The van der Waals surface area contributed by atoms with E-state index in [0.717, 1.165) is 17.3 Å². The largest absolute Gasteiger partial charge is 0.370 e. The lowest BCUT2D eigenvalue weighted by Crippen LogP contribution is -2.40. The van der Waals surface area contributed by atoms with Gasteiger partial charge in [0.2, 0.25) is 0 Å². The first-order valence-corrected chi connectivity index (χ1v) is 9.32. The van der Waals surface area contributed by atoms with Crippen molar-refractivity contribution in [1.82, 2.24) is 4.90 Å². The zero-order valence-corrected chi connectivity index (χ0v) is 13.8. The Morgan fingerprint density at radius 2 is 1.95 bits per heavy atom. The second-order valence-corrected chi connectivity index (χ2v) is 7.65. The second-order valence-electron chi connectivity index (χ2n) is 7.00. The van der Waals surface area contributed by atoms with Gasteiger partial charge in [-0.25, -0.2) is 0 Å². The van der Waals surface area contributed by atoms with Gasteiger partial charge in [-0.2, -0.15) is 0 Å². The minimum absolute atomic E-state index is 0.290. The summed E-state index contributed by atoms with van der Waals surface area (Å²) >= 11 is 3.69. The molecule has 0 aromatic heterocycles. The van der Waals surface area contributed by atoms with E-state index in [-0.39, 0.29) is 5.60 Å². The van der Waals surface area contributed by atoms with E-state index in [4.69, 9.17) is 4.74 Å².